The molecule has 152 valence electrons. The quantitative estimate of drug-likeness (QED) is 0.789. The summed E-state index contributed by atoms with van der Waals surface area (Å²) in [4.78, 5) is 14.4. The number of carbonyl (C=O) groups is 1. The first-order valence-corrected chi connectivity index (χ1v) is 10.6. The molecule has 3 N–H and O–H groups in total. The lowest BCUT2D eigenvalue weighted by atomic mass is 9.90. The third-order valence-electron chi connectivity index (χ3n) is 5.08. The summed E-state index contributed by atoms with van der Waals surface area (Å²) < 4.78 is 23.0. The molecule has 2 amide bonds. The van der Waals surface area contributed by atoms with Gasteiger partial charge in [-0.2, -0.15) is 0 Å². The molecule has 1 aliphatic heterocycles. The number of nitrogens with one attached hydrogen (secondary N) is 1. The predicted molar refractivity (Wildman–Crippen MR) is 112 cm³/mol. The van der Waals surface area contributed by atoms with E-state index in [2.05, 4.69) is 17.4 Å². The lowest BCUT2D eigenvalue weighted by Gasteiger charge is -2.33. The molecular formula is C20H26ClN3O3S. The second-order valence-corrected chi connectivity index (χ2v) is 8.52. The molecule has 1 saturated heterocycles. The summed E-state index contributed by atoms with van der Waals surface area (Å²) in [7, 11) is -3.76. The highest BCUT2D eigenvalue weighted by Crippen LogP contribution is 2.28. The molecule has 2 aromatic rings. The normalized spacial score (nSPS) is 16.1. The Labute approximate surface area is 172 Å². The third-order valence-corrected chi connectivity index (χ3v) is 5.99. The van der Waals surface area contributed by atoms with Crippen LogP contribution in [0.1, 0.15) is 42.9 Å². The Morgan fingerprint density at radius 2 is 1.75 bits per heavy atom. The number of carbonyl (C=O) groups excluding carboxylic acids is 1. The van der Waals surface area contributed by atoms with Crippen molar-refractivity contribution in [3.63, 3.8) is 0 Å². The number of primary sulfonamides is 1. The molecule has 0 bridgehead atoms. The van der Waals surface area contributed by atoms with E-state index in [1.165, 1.54) is 17.7 Å². The Balaban J connectivity index is 0.00000280. The van der Waals surface area contributed by atoms with Crippen LogP contribution in [-0.2, 0) is 10.0 Å². The monoisotopic (exact) mass is 423 g/mol. The van der Waals surface area contributed by atoms with Gasteiger partial charge < -0.3 is 10.2 Å². The van der Waals surface area contributed by atoms with Crippen LogP contribution in [-0.4, -0.2) is 32.4 Å². The van der Waals surface area contributed by atoms with Crippen LogP contribution in [0, 0.1) is 0 Å². The minimum Gasteiger partial charge on any atom is -0.331 e. The first-order chi connectivity index (χ1) is 12.8. The van der Waals surface area contributed by atoms with Gasteiger partial charge >= 0.3 is 6.03 Å². The smallest absolute Gasteiger partial charge is 0.317 e. The number of benzene rings is 2. The molecule has 0 radical (unpaired) electrons. The number of rotatable bonds is 4. The zero-order chi connectivity index (χ0) is 19.4. The van der Waals surface area contributed by atoms with E-state index < -0.39 is 10.0 Å². The van der Waals surface area contributed by atoms with Gasteiger partial charge in [0.2, 0.25) is 10.0 Å². The Kier molecular flexibility index (Phi) is 7.46. The Bertz CT molecular complexity index is 898. The van der Waals surface area contributed by atoms with E-state index in [9.17, 15) is 13.2 Å². The van der Waals surface area contributed by atoms with Crippen LogP contribution in [0.4, 0.5) is 4.79 Å². The molecule has 0 spiro atoms. The molecule has 1 unspecified atom stereocenters. The maximum absolute atomic E-state index is 12.6. The van der Waals surface area contributed by atoms with Crippen LogP contribution >= 0.6 is 12.4 Å². The Morgan fingerprint density at radius 3 is 2.36 bits per heavy atom. The van der Waals surface area contributed by atoms with Gasteiger partial charge in [-0.3, -0.25) is 0 Å². The molecule has 6 nitrogen and oxygen atoms in total. The molecule has 0 aliphatic carbocycles. The zero-order valence-electron chi connectivity index (χ0n) is 15.7. The van der Waals surface area contributed by atoms with Crippen molar-refractivity contribution in [2.45, 2.75) is 36.6 Å². The van der Waals surface area contributed by atoms with Gasteiger partial charge in [0.05, 0.1) is 10.9 Å². The van der Waals surface area contributed by atoms with Gasteiger partial charge in [-0.05, 0) is 48.9 Å². The second-order valence-electron chi connectivity index (χ2n) is 6.96. The molecule has 2 aromatic carbocycles. The molecule has 1 aliphatic rings. The standard InChI is InChI=1S/C20H25N3O3S.ClH/c1-15(18-8-5-9-19(14-18)27(21,25)26)22-20(24)23-12-10-17(11-13-23)16-6-3-2-4-7-16;/h2-9,14-15,17H,10-13H2,1H3,(H,22,24)(H2,21,25,26);1H. The van der Waals surface area contributed by atoms with Gasteiger partial charge in [-0.1, -0.05) is 42.5 Å². The number of hydrogen-bond acceptors (Lipinski definition) is 3. The van der Waals surface area contributed by atoms with Gasteiger partial charge in [0.1, 0.15) is 0 Å². The fourth-order valence-electron chi connectivity index (χ4n) is 3.46. The average molecular weight is 424 g/mol. The van der Waals surface area contributed by atoms with E-state index >= 15 is 0 Å². The van der Waals surface area contributed by atoms with Crippen molar-refractivity contribution < 1.29 is 13.2 Å². The van der Waals surface area contributed by atoms with Gasteiger partial charge in [0.25, 0.3) is 0 Å². The highest BCUT2D eigenvalue weighted by molar-refractivity contribution is 7.89. The number of hydrogen-bond donors (Lipinski definition) is 2. The van der Waals surface area contributed by atoms with Crippen LogP contribution in [0.15, 0.2) is 59.5 Å². The van der Waals surface area contributed by atoms with E-state index in [0.29, 0.717) is 24.6 Å². The number of likely N-dealkylation sites (tertiary alicyclic amines) is 1. The lowest BCUT2D eigenvalue weighted by molar-refractivity contribution is 0.178. The minimum absolute atomic E-state index is 0. The van der Waals surface area contributed by atoms with Crippen LogP contribution in [0.5, 0.6) is 0 Å². The highest BCUT2D eigenvalue weighted by atomic mass is 35.5. The van der Waals surface area contributed by atoms with Crippen molar-refractivity contribution in [3.8, 4) is 0 Å². The first kappa shape index (κ1) is 22.2. The molecular weight excluding hydrogens is 398 g/mol. The highest BCUT2D eigenvalue weighted by Gasteiger charge is 2.24. The van der Waals surface area contributed by atoms with E-state index in [1.54, 1.807) is 12.1 Å². The summed E-state index contributed by atoms with van der Waals surface area (Å²) in [6.45, 7) is 3.24. The topological polar surface area (TPSA) is 92.5 Å². The molecule has 0 aromatic heterocycles. The minimum atomic E-state index is -3.76. The van der Waals surface area contributed by atoms with Gasteiger partial charge in [0, 0.05) is 13.1 Å². The summed E-state index contributed by atoms with van der Waals surface area (Å²) >= 11 is 0. The van der Waals surface area contributed by atoms with Crippen LogP contribution in [0.3, 0.4) is 0 Å². The van der Waals surface area contributed by atoms with E-state index in [0.717, 1.165) is 12.8 Å². The number of nitrogens with two attached hydrogens (primary N) is 1. The van der Waals surface area contributed by atoms with Crippen molar-refractivity contribution in [1.82, 2.24) is 10.2 Å². The molecule has 28 heavy (non-hydrogen) atoms. The molecule has 8 heteroatoms. The third kappa shape index (κ3) is 5.47. The Morgan fingerprint density at radius 1 is 1.11 bits per heavy atom. The number of piperidine rings is 1. The molecule has 0 saturated carbocycles. The molecule has 1 atom stereocenters. The summed E-state index contributed by atoms with van der Waals surface area (Å²) in [5.74, 6) is 0.485. The largest absolute Gasteiger partial charge is 0.331 e. The van der Waals surface area contributed by atoms with Crippen molar-refractivity contribution in [2.75, 3.05) is 13.1 Å². The average Bonchev–Trinajstić information content (AvgIpc) is 2.68. The van der Waals surface area contributed by atoms with Crippen molar-refractivity contribution in [1.29, 1.82) is 0 Å². The fraction of sp³-hybridized carbons (Fsp3) is 0.350. The number of sulfonamides is 1. The van der Waals surface area contributed by atoms with Crippen molar-refractivity contribution in [2.24, 2.45) is 5.14 Å². The number of halogens is 1. The predicted octanol–water partition coefficient (Wildman–Crippen LogP) is 3.41. The van der Waals surface area contributed by atoms with Gasteiger partial charge in [-0.15, -0.1) is 12.4 Å². The summed E-state index contributed by atoms with van der Waals surface area (Å²) in [5.41, 5.74) is 2.03. The maximum Gasteiger partial charge on any atom is 0.317 e. The summed E-state index contributed by atoms with van der Waals surface area (Å²) in [6, 6.07) is 16.3. The Hall–Kier alpha value is -2.09. The maximum atomic E-state index is 12.6. The number of amides is 2. The SMILES string of the molecule is CC(NC(=O)N1CCC(c2ccccc2)CC1)c1cccc(S(N)(=O)=O)c1.Cl. The van der Waals surface area contributed by atoms with Gasteiger partial charge in [-0.25, -0.2) is 18.4 Å². The van der Waals surface area contributed by atoms with E-state index in [4.69, 9.17) is 5.14 Å². The van der Waals surface area contributed by atoms with Gasteiger partial charge in [0.15, 0.2) is 0 Å². The molecule has 1 fully saturated rings. The second kappa shape index (κ2) is 9.41. The lowest BCUT2D eigenvalue weighted by Crippen LogP contribution is -2.44. The molecule has 1 heterocycles. The first-order valence-electron chi connectivity index (χ1n) is 9.08. The molecule has 3 rings (SSSR count). The fourth-order valence-corrected chi connectivity index (χ4v) is 4.03. The van der Waals surface area contributed by atoms with E-state index in [-0.39, 0.29) is 29.4 Å². The van der Waals surface area contributed by atoms with Crippen LogP contribution in [0.25, 0.3) is 0 Å². The summed E-state index contributed by atoms with van der Waals surface area (Å²) in [5, 5.41) is 8.13. The number of urea groups is 1. The summed E-state index contributed by atoms with van der Waals surface area (Å²) in [6.07, 6.45) is 1.87. The van der Waals surface area contributed by atoms with Crippen molar-refractivity contribution >= 4 is 28.5 Å². The van der Waals surface area contributed by atoms with Crippen LogP contribution < -0.4 is 10.5 Å². The zero-order valence-corrected chi connectivity index (χ0v) is 17.4. The van der Waals surface area contributed by atoms with Crippen LogP contribution in [0.2, 0.25) is 0 Å². The number of nitrogens with zero attached hydrogens (tertiary/aromatic N) is 1. The van der Waals surface area contributed by atoms with E-state index in [1.807, 2.05) is 30.0 Å². The van der Waals surface area contributed by atoms with Crippen molar-refractivity contribution in [3.05, 3.63) is 65.7 Å².